The fourth-order valence-electron chi connectivity index (χ4n) is 4.52. The van der Waals surface area contributed by atoms with Gasteiger partial charge in [-0.2, -0.15) is 0 Å². The van der Waals surface area contributed by atoms with Gasteiger partial charge in [0, 0.05) is 30.7 Å². The third kappa shape index (κ3) is 2.78. The van der Waals surface area contributed by atoms with Crippen molar-refractivity contribution in [3.63, 3.8) is 0 Å². The molecule has 1 N–H and O–H groups in total. The zero-order valence-corrected chi connectivity index (χ0v) is 14.0. The van der Waals surface area contributed by atoms with Crippen LogP contribution in [0.2, 0.25) is 0 Å². The molecule has 2 atom stereocenters. The molecule has 0 aromatic carbocycles. The van der Waals surface area contributed by atoms with Crippen LogP contribution in [0.3, 0.4) is 0 Å². The lowest BCUT2D eigenvalue weighted by atomic mass is 9.78. The number of rotatable bonds is 2. The van der Waals surface area contributed by atoms with Gasteiger partial charge in [-0.05, 0) is 43.9 Å². The predicted molar refractivity (Wildman–Crippen MR) is 86.0 cm³/mol. The second-order valence-corrected chi connectivity index (χ2v) is 8.88. The van der Waals surface area contributed by atoms with Gasteiger partial charge < -0.3 is 5.32 Å². The van der Waals surface area contributed by atoms with Crippen LogP contribution in [-0.4, -0.2) is 35.6 Å². The highest BCUT2D eigenvalue weighted by Gasteiger charge is 2.51. The molecule has 116 valence electrons. The third-order valence-corrected chi connectivity index (χ3v) is 6.26. The molecule has 2 heteroatoms. The van der Waals surface area contributed by atoms with Gasteiger partial charge in [-0.1, -0.05) is 40.0 Å². The number of nitrogens with one attached hydrogen (secondary N) is 1. The quantitative estimate of drug-likeness (QED) is 0.826. The first kappa shape index (κ1) is 14.8. The van der Waals surface area contributed by atoms with E-state index in [1.54, 1.807) is 0 Å². The molecular formula is C18H34N2. The molecule has 1 aliphatic heterocycles. The number of hydrogen-bond acceptors (Lipinski definition) is 2. The molecule has 3 aliphatic rings. The van der Waals surface area contributed by atoms with Gasteiger partial charge in [0.1, 0.15) is 0 Å². The summed E-state index contributed by atoms with van der Waals surface area (Å²) in [6, 6.07) is 1.51. The minimum absolute atomic E-state index is 0.373. The largest absolute Gasteiger partial charge is 0.310 e. The molecule has 1 heterocycles. The fraction of sp³-hybridized carbons (Fsp3) is 1.00. The maximum atomic E-state index is 3.90. The normalized spacial score (nSPS) is 38.1. The van der Waals surface area contributed by atoms with E-state index in [1.165, 1.54) is 58.0 Å². The van der Waals surface area contributed by atoms with Crippen LogP contribution in [0.1, 0.15) is 72.6 Å². The van der Waals surface area contributed by atoms with Gasteiger partial charge in [0.2, 0.25) is 0 Å². The Morgan fingerprint density at radius 1 is 1.00 bits per heavy atom. The highest BCUT2D eigenvalue weighted by molar-refractivity contribution is 5.08. The topological polar surface area (TPSA) is 15.3 Å². The lowest BCUT2D eigenvalue weighted by molar-refractivity contribution is -0.0314. The summed E-state index contributed by atoms with van der Waals surface area (Å²) in [6.07, 6.45) is 10.2. The van der Waals surface area contributed by atoms with E-state index in [9.17, 15) is 0 Å². The molecule has 2 aliphatic carbocycles. The first-order chi connectivity index (χ1) is 9.41. The molecule has 0 aromatic heterocycles. The average Bonchev–Trinajstić information content (AvgIpc) is 3.23. The molecule has 0 radical (unpaired) electrons. The SMILES string of the molecule is CC(C)(C)C1CN(C2CCCCC2)C(C)(C2CC2)CN1. The first-order valence-electron chi connectivity index (χ1n) is 8.91. The van der Waals surface area contributed by atoms with E-state index < -0.39 is 0 Å². The molecule has 3 fully saturated rings. The summed E-state index contributed by atoms with van der Waals surface area (Å²) in [4.78, 5) is 2.95. The standard InChI is InChI=1S/C18H34N2/c1-17(2,3)16-12-20(15-8-6-5-7-9-15)18(4,13-19-16)14-10-11-14/h14-16,19H,5-13H2,1-4H3. The summed E-state index contributed by atoms with van der Waals surface area (Å²) >= 11 is 0. The molecule has 0 amide bonds. The summed E-state index contributed by atoms with van der Waals surface area (Å²) < 4.78 is 0. The zero-order valence-electron chi connectivity index (χ0n) is 14.0. The predicted octanol–water partition coefficient (Wildman–Crippen LogP) is 3.81. The third-order valence-electron chi connectivity index (χ3n) is 6.26. The summed E-state index contributed by atoms with van der Waals surface area (Å²) in [5.74, 6) is 0.956. The van der Waals surface area contributed by atoms with E-state index >= 15 is 0 Å². The molecule has 3 rings (SSSR count). The van der Waals surface area contributed by atoms with Crippen LogP contribution in [0.25, 0.3) is 0 Å². The van der Waals surface area contributed by atoms with E-state index in [4.69, 9.17) is 0 Å². The molecule has 2 nitrogen and oxygen atoms in total. The second-order valence-electron chi connectivity index (χ2n) is 8.88. The lowest BCUT2D eigenvalue weighted by Crippen LogP contribution is -2.69. The Morgan fingerprint density at radius 3 is 2.20 bits per heavy atom. The van der Waals surface area contributed by atoms with Gasteiger partial charge in [0.25, 0.3) is 0 Å². The molecule has 1 saturated heterocycles. The van der Waals surface area contributed by atoms with Gasteiger partial charge in [0.15, 0.2) is 0 Å². The smallest absolute Gasteiger partial charge is 0.0337 e. The molecule has 20 heavy (non-hydrogen) atoms. The summed E-state index contributed by atoms with van der Waals surface area (Å²) in [5.41, 5.74) is 0.807. The Labute approximate surface area is 125 Å². The van der Waals surface area contributed by atoms with E-state index in [0.717, 1.165) is 12.0 Å². The van der Waals surface area contributed by atoms with Gasteiger partial charge in [-0.3, -0.25) is 4.90 Å². The first-order valence-corrected chi connectivity index (χ1v) is 8.91. The minimum Gasteiger partial charge on any atom is -0.310 e. The van der Waals surface area contributed by atoms with Crippen LogP contribution in [0.15, 0.2) is 0 Å². The lowest BCUT2D eigenvalue weighted by Gasteiger charge is -2.55. The second kappa shape index (κ2) is 5.28. The zero-order chi connectivity index (χ0) is 14.4. The van der Waals surface area contributed by atoms with Gasteiger partial charge in [-0.25, -0.2) is 0 Å². The van der Waals surface area contributed by atoms with Crippen molar-refractivity contribution in [3.05, 3.63) is 0 Å². The average molecular weight is 278 g/mol. The fourth-order valence-corrected chi connectivity index (χ4v) is 4.52. The van der Waals surface area contributed by atoms with Gasteiger partial charge in [0.05, 0.1) is 0 Å². The van der Waals surface area contributed by atoms with E-state index in [1.807, 2.05) is 0 Å². The van der Waals surface area contributed by atoms with Crippen LogP contribution in [-0.2, 0) is 0 Å². The van der Waals surface area contributed by atoms with Crippen molar-refractivity contribution >= 4 is 0 Å². The Kier molecular flexibility index (Phi) is 3.92. The van der Waals surface area contributed by atoms with Crippen LogP contribution in [0, 0.1) is 11.3 Å². The molecule has 0 spiro atoms. The van der Waals surface area contributed by atoms with Crippen molar-refractivity contribution in [1.29, 1.82) is 0 Å². The Hall–Kier alpha value is -0.0800. The van der Waals surface area contributed by atoms with Crippen molar-refractivity contribution < 1.29 is 0 Å². The summed E-state index contributed by atoms with van der Waals surface area (Å²) in [6.45, 7) is 12.2. The van der Waals surface area contributed by atoms with E-state index in [-0.39, 0.29) is 0 Å². The molecule has 0 aromatic rings. The monoisotopic (exact) mass is 278 g/mol. The van der Waals surface area contributed by atoms with E-state index in [0.29, 0.717) is 17.0 Å². The molecule has 0 bridgehead atoms. The van der Waals surface area contributed by atoms with Crippen LogP contribution in [0.4, 0.5) is 0 Å². The van der Waals surface area contributed by atoms with Crippen molar-refractivity contribution in [3.8, 4) is 0 Å². The van der Waals surface area contributed by atoms with Crippen molar-refractivity contribution in [2.75, 3.05) is 13.1 Å². The van der Waals surface area contributed by atoms with Crippen molar-refractivity contribution in [2.45, 2.75) is 90.3 Å². The maximum Gasteiger partial charge on any atom is 0.0337 e. The maximum absolute atomic E-state index is 3.90. The Balaban J connectivity index is 1.78. The van der Waals surface area contributed by atoms with E-state index in [2.05, 4.69) is 37.9 Å². The van der Waals surface area contributed by atoms with Crippen molar-refractivity contribution in [1.82, 2.24) is 10.2 Å². The van der Waals surface area contributed by atoms with Crippen LogP contribution < -0.4 is 5.32 Å². The van der Waals surface area contributed by atoms with Gasteiger partial charge in [-0.15, -0.1) is 0 Å². The highest BCUT2D eigenvalue weighted by atomic mass is 15.3. The summed E-state index contributed by atoms with van der Waals surface area (Å²) in [5, 5.41) is 3.90. The Bertz CT molecular complexity index is 336. The minimum atomic E-state index is 0.373. The van der Waals surface area contributed by atoms with Crippen LogP contribution in [0.5, 0.6) is 0 Å². The molecule has 2 unspecified atom stereocenters. The van der Waals surface area contributed by atoms with Crippen LogP contribution >= 0.6 is 0 Å². The molecular weight excluding hydrogens is 244 g/mol. The van der Waals surface area contributed by atoms with Crippen molar-refractivity contribution in [2.24, 2.45) is 11.3 Å². The Morgan fingerprint density at radius 2 is 1.65 bits per heavy atom. The number of nitrogens with zero attached hydrogens (tertiary/aromatic N) is 1. The number of hydrogen-bond donors (Lipinski definition) is 1. The number of piperazine rings is 1. The highest BCUT2D eigenvalue weighted by Crippen LogP contribution is 2.46. The van der Waals surface area contributed by atoms with Gasteiger partial charge >= 0.3 is 0 Å². The molecule has 2 saturated carbocycles. The summed E-state index contributed by atoms with van der Waals surface area (Å²) in [7, 11) is 0.